The molecule has 1 aromatic carbocycles. The van der Waals surface area contributed by atoms with Gasteiger partial charge in [0.05, 0.1) is 0 Å². The quantitative estimate of drug-likeness (QED) is 0.849. The van der Waals surface area contributed by atoms with E-state index in [9.17, 15) is 4.79 Å². The standard InChI is InChI=1S/C16H22N2O/c19-16(18-11-14-5-3-9-17-14)15-6-2-1-4-13(15)10-12-7-8-12/h1-2,4,6,12,14,17H,3,5,7-11H2,(H,18,19)/t14-/m1/s1. The molecule has 1 aliphatic heterocycles. The number of rotatable bonds is 5. The largest absolute Gasteiger partial charge is 0.350 e. The number of amides is 1. The maximum Gasteiger partial charge on any atom is 0.251 e. The fourth-order valence-corrected chi connectivity index (χ4v) is 2.79. The molecule has 1 aliphatic carbocycles. The molecule has 3 nitrogen and oxygen atoms in total. The molecule has 102 valence electrons. The minimum Gasteiger partial charge on any atom is -0.350 e. The van der Waals surface area contributed by atoms with Crippen LogP contribution in [0.2, 0.25) is 0 Å². The van der Waals surface area contributed by atoms with E-state index < -0.39 is 0 Å². The highest BCUT2D eigenvalue weighted by Gasteiger charge is 2.24. The molecule has 0 spiro atoms. The first-order chi connectivity index (χ1) is 9.33. The molecule has 1 saturated heterocycles. The number of nitrogens with one attached hydrogen (secondary N) is 2. The van der Waals surface area contributed by atoms with Crippen molar-refractivity contribution in [3.63, 3.8) is 0 Å². The Hall–Kier alpha value is -1.35. The van der Waals surface area contributed by atoms with E-state index in [0.717, 1.165) is 31.0 Å². The zero-order chi connectivity index (χ0) is 13.1. The SMILES string of the molecule is O=C(NC[C@H]1CCCN1)c1ccccc1CC1CC1. The van der Waals surface area contributed by atoms with Gasteiger partial charge in [-0.3, -0.25) is 4.79 Å². The van der Waals surface area contributed by atoms with E-state index >= 15 is 0 Å². The molecule has 1 amide bonds. The first kappa shape index (κ1) is 12.7. The van der Waals surface area contributed by atoms with Crippen molar-refractivity contribution < 1.29 is 4.79 Å². The van der Waals surface area contributed by atoms with Crippen molar-refractivity contribution >= 4 is 5.91 Å². The van der Waals surface area contributed by atoms with Gasteiger partial charge in [-0.25, -0.2) is 0 Å². The molecule has 3 heteroatoms. The van der Waals surface area contributed by atoms with Crippen LogP contribution in [-0.2, 0) is 6.42 Å². The van der Waals surface area contributed by atoms with Crippen molar-refractivity contribution in [1.82, 2.24) is 10.6 Å². The van der Waals surface area contributed by atoms with Gasteiger partial charge in [-0.1, -0.05) is 18.2 Å². The molecule has 2 N–H and O–H groups in total. The number of hydrogen-bond donors (Lipinski definition) is 2. The van der Waals surface area contributed by atoms with Gasteiger partial charge in [-0.2, -0.15) is 0 Å². The van der Waals surface area contributed by atoms with Gasteiger partial charge >= 0.3 is 0 Å². The summed E-state index contributed by atoms with van der Waals surface area (Å²) in [6.45, 7) is 1.83. The Morgan fingerprint density at radius 2 is 2.11 bits per heavy atom. The molecule has 1 saturated carbocycles. The van der Waals surface area contributed by atoms with Crippen LogP contribution in [0.4, 0.5) is 0 Å². The number of benzene rings is 1. The fourth-order valence-electron chi connectivity index (χ4n) is 2.79. The molecule has 2 aliphatic rings. The van der Waals surface area contributed by atoms with Crippen molar-refractivity contribution in [2.75, 3.05) is 13.1 Å². The van der Waals surface area contributed by atoms with Crippen LogP contribution in [0, 0.1) is 5.92 Å². The minimum absolute atomic E-state index is 0.0879. The Labute approximate surface area is 114 Å². The van der Waals surface area contributed by atoms with E-state index in [4.69, 9.17) is 0 Å². The van der Waals surface area contributed by atoms with Crippen LogP contribution in [0.15, 0.2) is 24.3 Å². The molecule has 0 bridgehead atoms. The second-order valence-corrected chi connectivity index (χ2v) is 5.81. The van der Waals surface area contributed by atoms with Crippen LogP contribution in [0.3, 0.4) is 0 Å². The summed E-state index contributed by atoms with van der Waals surface area (Å²) in [4.78, 5) is 12.3. The lowest BCUT2D eigenvalue weighted by Gasteiger charge is -2.13. The van der Waals surface area contributed by atoms with Crippen molar-refractivity contribution in [2.45, 2.75) is 38.1 Å². The normalized spacial score (nSPS) is 22.4. The van der Waals surface area contributed by atoms with Crippen LogP contribution in [-0.4, -0.2) is 25.0 Å². The molecule has 19 heavy (non-hydrogen) atoms. The molecule has 1 aromatic rings. The van der Waals surface area contributed by atoms with E-state index in [2.05, 4.69) is 16.7 Å². The second-order valence-electron chi connectivity index (χ2n) is 5.81. The van der Waals surface area contributed by atoms with Gasteiger partial charge in [-0.15, -0.1) is 0 Å². The lowest BCUT2D eigenvalue weighted by atomic mass is 10.0. The summed E-state index contributed by atoms with van der Waals surface area (Å²) in [6, 6.07) is 8.50. The van der Waals surface area contributed by atoms with Gasteiger partial charge in [-0.05, 0) is 56.2 Å². The van der Waals surface area contributed by atoms with Gasteiger partial charge < -0.3 is 10.6 Å². The van der Waals surface area contributed by atoms with E-state index in [1.807, 2.05) is 18.2 Å². The topological polar surface area (TPSA) is 41.1 Å². The first-order valence-corrected chi connectivity index (χ1v) is 7.42. The number of carbonyl (C=O) groups excluding carboxylic acids is 1. The maximum atomic E-state index is 12.3. The third-order valence-electron chi connectivity index (χ3n) is 4.14. The highest BCUT2D eigenvalue weighted by atomic mass is 16.1. The average molecular weight is 258 g/mol. The molecule has 1 atom stereocenters. The molecule has 1 heterocycles. The van der Waals surface area contributed by atoms with E-state index in [0.29, 0.717) is 6.04 Å². The highest BCUT2D eigenvalue weighted by Crippen LogP contribution is 2.33. The van der Waals surface area contributed by atoms with Crippen molar-refractivity contribution in [1.29, 1.82) is 0 Å². The van der Waals surface area contributed by atoms with Crippen molar-refractivity contribution in [2.24, 2.45) is 5.92 Å². The predicted octanol–water partition coefficient (Wildman–Crippen LogP) is 2.12. The van der Waals surface area contributed by atoms with Gasteiger partial charge in [0.1, 0.15) is 0 Å². The molecule has 0 radical (unpaired) electrons. The Bertz CT molecular complexity index is 448. The summed E-state index contributed by atoms with van der Waals surface area (Å²) >= 11 is 0. The van der Waals surface area contributed by atoms with Gasteiger partial charge in [0.15, 0.2) is 0 Å². The van der Waals surface area contributed by atoms with Gasteiger partial charge in [0.25, 0.3) is 5.91 Å². The smallest absolute Gasteiger partial charge is 0.251 e. The zero-order valence-corrected chi connectivity index (χ0v) is 11.3. The number of hydrogen-bond acceptors (Lipinski definition) is 2. The van der Waals surface area contributed by atoms with E-state index in [-0.39, 0.29) is 5.91 Å². The van der Waals surface area contributed by atoms with Gasteiger partial charge in [0.2, 0.25) is 0 Å². The lowest BCUT2D eigenvalue weighted by molar-refractivity contribution is 0.0949. The Balaban J connectivity index is 1.61. The molecule has 2 fully saturated rings. The summed E-state index contributed by atoms with van der Waals surface area (Å²) in [7, 11) is 0. The molecule has 0 unspecified atom stereocenters. The Morgan fingerprint density at radius 3 is 2.84 bits per heavy atom. The number of carbonyl (C=O) groups is 1. The van der Waals surface area contributed by atoms with E-state index in [1.54, 1.807) is 0 Å². The van der Waals surface area contributed by atoms with E-state index in [1.165, 1.54) is 31.2 Å². The highest BCUT2D eigenvalue weighted by molar-refractivity contribution is 5.95. The summed E-state index contributed by atoms with van der Waals surface area (Å²) in [5, 5.41) is 6.48. The summed E-state index contributed by atoms with van der Waals surface area (Å²) in [6.07, 6.45) is 6.10. The second kappa shape index (κ2) is 5.74. The lowest BCUT2D eigenvalue weighted by Crippen LogP contribution is -2.37. The summed E-state index contributed by atoms with van der Waals surface area (Å²) < 4.78 is 0. The summed E-state index contributed by atoms with van der Waals surface area (Å²) in [5.74, 6) is 0.899. The Morgan fingerprint density at radius 1 is 1.26 bits per heavy atom. The average Bonchev–Trinajstić information content (AvgIpc) is 3.09. The molecule has 3 rings (SSSR count). The maximum absolute atomic E-state index is 12.3. The molecular weight excluding hydrogens is 236 g/mol. The van der Waals surface area contributed by atoms with Crippen molar-refractivity contribution in [3.05, 3.63) is 35.4 Å². The minimum atomic E-state index is 0.0879. The first-order valence-electron chi connectivity index (χ1n) is 7.42. The van der Waals surface area contributed by atoms with Gasteiger partial charge in [0, 0.05) is 18.2 Å². The third-order valence-corrected chi connectivity index (χ3v) is 4.14. The fraction of sp³-hybridized carbons (Fsp3) is 0.562. The van der Waals surface area contributed by atoms with Crippen molar-refractivity contribution in [3.8, 4) is 0 Å². The van der Waals surface area contributed by atoms with Crippen LogP contribution in [0.5, 0.6) is 0 Å². The molecule has 0 aromatic heterocycles. The molecular formula is C16H22N2O. The zero-order valence-electron chi connectivity index (χ0n) is 11.3. The predicted molar refractivity (Wildman–Crippen MR) is 76.2 cm³/mol. The van der Waals surface area contributed by atoms with Crippen LogP contribution < -0.4 is 10.6 Å². The summed E-state index contributed by atoms with van der Waals surface area (Å²) in [5.41, 5.74) is 2.08. The van der Waals surface area contributed by atoms with Crippen LogP contribution >= 0.6 is 0 Å². The Kier molecular flexibility index (Phi) is 3.83. The van der Waals surface area contributed by atoms with Crippen LogP contribution in [0.1, 0.15) is 41.6 Å². The van der Waals surface area contributed by atoms with Crippen LogP contribution in [0.25, 0.3) is 0 Å². The monoisotopic (exact) mass is 258 g/mol. The third kappa shape index (κ3) is 3.35.